The predicted molar refractivity (Wildman–Crippen MR) is 115 cm³/mol. The van der Waals surface area contributed by atoms with Crippen molar-refractivity contribution in [2.75, 3.05) is 27.4 Å². The second-order valence-electron chi connectivity index (χ2n) is 6.77. The van der Waals surface area contributed by atoms with Gasteiger partial charge in [0.05, 0.1) is 31.4 Å². The molecule has 1 heterocycles. The van der Waals surface area contributed by atoms with E-state index in [0.29, 0.717) is 28.2 Å². The van der Waals surface area contributed by atoms with Crippen LogP contribution >= 0.6 is 0 Å². The molecule has 1 atom stereocenters. The van der Waals surface area contributed by atoms with Crippen LogP contribution in [0, 0.1) is 0 Å². The van der Waals surface area contributed by atoms with Crippen LogP contribution in [0.2, 0.25) is 0 Å². The third-order valence-corrected chi connectivity index (χ3v) is 4.65. The van der Waals surface area contributed by atoms with Gasteiger partial charge in [-0.05, 0) is 24.3 Å². The highest BCUT2D eigenvalue weighted by Crippen LogP contribution is 2.36. The number of para-hydroxylation sites is 2. The molecule has 0 aliphatic carbocycles. The summed E-state index contributed by atoms with van der Waals surface area (Å²) in [6.07, 6.45) is 0.568. The maximum atomic E-state index is 12.4. The summed E-state index contributed by atoms with van der Waals surface area (Å²) in [6.45, 7) is 0.125. The highest BCUT2D eigenvalue weighted by molar-refractivity contribution is 5.77. The molecule has 0 aliphatic rings. The molecule has 2 aromatic carbocycles. The summed E-state index contributed by atoms with van der Waals surface area (Å²) < 4.78 is 17.5. The first-order valence-corrected chi connectivity index (χ1v) is 9.76. The smallest absolute Gasteiger partial charge is 0.261 e. The highest BCUT2D eigenvalue weighted by Gasteiger charge is 2.14. The zero-order valence-corrected chi connectivity index (χ0v) is 17.4. The largest absolute Gasteiger partial charge is 0.493 e. The number of hydrogen-bond donors (Lipinski definition) is 2. The number of aliphatic hydroxyl groups is 1. The topological polar surface area (TPSA) is 112 Å². The van der Waals surface area contributed by atoms with Crippen LogP contribution in [-0.4, -0.2) is 54.0 Å². The van der Waals surface area contributed by atoms with Gasteiger partial charge in [-0.1, -0.05) is 18.2 Å². The lowest BCUT2D eigenvalue weighted by molar-refractivity contribution is -0.121. The summed E-state index contributed by atoms with van der Waals surface area (Å²) in [6, 6.07) is 12.2. The third kappa shape index (κ3) is 5.52. The molecule has 0 saturated heterocycles. The number of fused-ring (bicyclic) bond motifs is 1. The summed E-state index contributed by atoms with van der Waals surface area (Å²) in [4.78, 5) is 28.8. The van der Waals surface area contributed by atoms with Crippen molar-refractivity contribution in [2.24, 2.45) is 0 Å². The van der Waals surface area contributed by atoms with E-state index in [1.807, 2.05) is 6.07 Å². The van der Waals surface area contributed by atoms with Gasteiger partial charge in [0.2, 0.25) is 11.7 Å². The van der Waals surface area contributed by atoms with Gasteiger partial charge >= 0.3 is 0 Å². The van der Waals surface area contributed by atoms with Crippen LogP contribution in [0.5, 0.6) is 17.2 Å². The first-order valence-electron chi connectivity index (χ1n) is 9.76. The zero-order valence-electron chi connectivity index (χ0n) is 17.4. The van der Waals surface area contributed by atoms with Crippen molar-refractivity contribution in [3.05, 3.63) is 59.1 Å². The van der Waals surface area contributed by atoms with Crippen molar-refractivity contribution in [1.82, 2.24) is 14.9 Å². The lowest BCUT2D eigenvalue weighted by Crippen LogP contribution is -2.36. The van der Waals surface area contributed by atoms with Gasteiger partial charge in [-0.2, -0.15) is 0 Å². The normalized spacial score (nSPS) is 11.7. The Morgan fingerprint density at radius 2 is 1.84 bits per heavy atom. The van der Waals surface area contributed by atoms with Gasteiger partial charge in [0.15, 0.2) is 11.5 Å². The molecular formula is C22H25N3O6. The predicted octanol–water partition coefficient (Wildman–Crippen LogP) is 1.36. The van der Waals surface area contributed by atoms with Gasteiger partial charge in [-0.25, -0.2) is 4.98 Å². The zero-order chi connectivity index (χ0) is 22.2. The van der Waals surface area contributed by atoms with Crippen LogP contribution in [0.1, 0.15) is 6.42 Å². The highest BCUT2D eigenvalue weighted by atomic mass is 16.5. The van der Waals surface area contributed by atoms with E-state index in [0.717, 1.165) is 0 Å². The van der Waals surface area contributed by atoms with E-state index < -0.39 is 6.10 Å². The van der Waals surface area contributed by atoms with E-state index in [1.54, 1.807) is 36.4 Å². The van der Waals surface area contributed by atoms with Crippen LogP contribution in [0.3, 0.4) is 0 Å². The molecular weight excluding hydrogens is 402 g/mol. The van der Waals surface area contributed by atoms with Crippen molar-refractivity contribution >= 4 is 16.8 Å². The molecule has 9 heteroatoms. The first kappa shape index (κ1) is 22.1. The number of rotatable bonds is 10. The number of aliphatic hydroxyl groups excluding tert-OH is 1. The second-order valence-corrected chi connectivity index (χ2v) is 6.77. The molecule has 0 radical (unpaired) electrons. The molecule has 1 amide bonds. The Labute approximate surface area is 179 Å². The number of carbonyl (C=O) groups is 1. The molecule has 0 fully saturated rings. The minimum atomic E-state index is -0.941. The number of ether oxygens (including phenoxy) is 3. The number of benzene rings is 2. The molecule has 3 aromatic rings. The Morgan fingerprint density at radius 1 is 1.13 bits per heavy atom. The molecule has 2 N–H and O–H groups in total. The number of aryl methyl sites for hydroxylation is 1. The standard InChI is InChI=1S/C22H25N3O6/c1-29-18-8-5-9-19(30-2)21(18)31-13-15(26)12-23-20(27)10-11-25-14-24-17-7-4-3-6-16(17)22(25)28/h3-9,14-15,26H,10-13H2,1-2H3,(H,23,27). The summed E-state index contributed by atoms with van der Waals surface area (Å²) in [7, 11) is 3.02. The fourth-order valence-corrected chi connectivity index (χ4v) is 3.01. The van der Waals surface area contributed by atoms with Crippen LogP contribution in [0.15, 0.2) is 53.6 Å². The van der Waals surface area contributed by atoms with Gasteiger partial charge in [0.1, 0.15) is 12.7 Å². The fourth-order valence-electron chi connectivity index (χ4n) is 3.01. The van der Waals surface area contributed by atoms with Crippen LogP contribution in [-0.2, 0) is 11.3 Å². The van der Waals surface area contributed by atoms with Crippen LogP contribution in [0.25, 0.3) is 10.9 Å². The Hall–Kier alpha value is -3.59. The fraction of sp³-hybridized carbons (Fsp3) is 0.318. The van der Waals surface area contributed by atoms with E-state index in [1.165, 1.54) is 25.1 Å². The molecule has 0 saturated carbocycles. The van der Waals surface area contributed by atoms with Gasteiger partial charge in [-0.3, -0.25) is 14.2 Å². The Kier molecular flexibility index (Phi) is 7.45. The maximum Gasteiger partial charge on any atom is 0.261 e. The van der Waals surface area contributed by atoms with Crippen molar-refractivity contribution in [2.45, 2.75) is 19.1 Å². The van der Waals surface area contributed by atoms with E-state index in [2.05, 4.69) is 10.3 Å². The van der Waals surface area contributed by atoms with Crippen molar-refractivity contribution in [1.29, 1.82) is 0 Å². The summed E-state index contributed by atoms with van der Waals surface area (Å²) in [5.74, 6) is 1.03. The van der Waals surface area contributed by atoms with E-state index in [4.69, 9.17) is 14.2 Å². The molecule has 0 spiro atoms. The Bertz CT molecular complexity index is 1080. The van der Waals surface area contributed by atoms with Gasteiger partial charge < -0.3 is 24.6 Å². The molecule has 1 unspecified atom stereocenters. The first-order chi connectivity index (χ1) is 15.0. The summed E-state index contributed by atoms with van der Waals surface area (Å²) in [5, 5.41) is 13.3. The SMILES string of the molecule is COc1cccc(OC)c1OCC(O)CNC(=O)CCn1cnc2ccccc2c1=O. The molecule has 3 rings (SSSR count). The Morgan fingerprint density at radius 3 is 2.55 bits per heavy atom. The van der Waals surface area contributed by atoms with E-state index in [9.17, 15) is 14.7 Å². The molecule has 0 bridgehead atoms. The minimum absolute atomic E-state index is 0.00116. The second kappa shape index (κ2) is 10.4. The van der Waals surface area contributed by atoms with Crippen LogP contribution < -0.4 is 25.1 Å². The molecule has 0 aliphatic heterocycles. The van der Waals surface area contributed by atoms with Crippen LogP contribution in [0.4, 0.5) is 0 Å². The summed E-state index contributed by atoms with van der Waals surface area (Å²) in [5.41, 5.74) is 0.417. The molecule has 164 valence electrons. The number of nitrogens with one attached hydrogen (secondary N) is 1. The average molecular weight is 427 g/mol. The molecule has 9 nitrogen and oxygen atoms in total. The van der Waals surface area contributed by atoms with Gasteiger partial charge in [-0.15, -0.1) is 0 Å². The number of nitrogens with zero attached hydrogens (tertiary/aromatic N) is 2. The number of hydrogen-bond acceptors (Lipinski definition) is 7. The van der Waals surface area contributed by atoms with Crippen molar-refractivity contribution in [3.63, 3.8) is 0 Å². The van der Waals surface area contributed by atoms with E-state index in [-0.39, 0.29) is 37.6 Å². The Balaban J connectivity index is 1.48. The number of carbonyl (C=O) groups excluding carboxylic acids is 1. The molecule has 31 heavy (non-hydrogen) atoms. The number of aromatic nitrogens is 2. The number of amides is 1. The molecule has 1 aromatic heterocycles. The quantitative estimate of drug-likeness (QED) is 0.502. The van der Waals surface area contributed by atoms with Crippen molar-refractivity contribution in [3.8, 4) is 17.2 Å². The van der Waals surface area contributed by atoms with Gasteiger partial charge in [0, 0.05) is 19.5 Å². The third-order valence-electron chi connectivity index (χ3n) is 4.65. The maximum absolute atomic E-state index is 12.4. The van der Waals surface area contributed by atoms with E-state index >= 15 is 0 Å². The lowest BCUT2D eigenvalue weighted by Gasteiger charge is -2.17. The minimum Gasteiger partial charge on any atom is -0.493 e. The lowest BCUT2D eigenvalue weighted by atomic mass is 10.2. The van der Waals surface area contributed by atoms with Gasteiger partial charge in [0.25, 0.3) is 5.56 Å². The average Bonchev–Trinajstić information content (AvgIpc) is 2.80. The number of methoxy groups -OCH3 is 2. The van der Waals surface area contributed by atoms with Crippen molar-refractivity contribution < 1.29 is 24.1 Å². The monoisotopic (exact) mass is 427 g/mol. The summed E-state index contributed by atoms with van der Waals surface area (Å²) >= 11 is 0.